The molecule has 16 heavy (non-hydrogen) atoms. The van der Waals surface area contributed by atoms with Gasteiger partial charge < -0.3 is 10.1 Å². The first kappa shape index (κ1) is 14.0. The van der Waals surface area contributed by atoms with E-state index >= 15 is 0 Å². The third-order valence-corrected chi connectivity index (χ3v) is 3.80. The number of hydrogen-bond donors (Lipinski definition) is 1. The predicted octanol–water partition coefficient (Wildman–Crippen LogP) is 3.22. The van der Waals surface area contributed by atoms with Crippen molar-refractivity contribution in [2.24, 2.45) is 11.3 Å². The third kappa shape index (κ3) is 5.31. The van der Waals surface area contributed by atoms with Crippen molar-refractivity contribution in [3.05, 3.63) is 0 Å². The fourth-order valence-electron chi connectivity index (χ4n) is 2.09. The summed E-state index contributed by atoms with van der Waals surface area (Å²) in [4.78, 5) is 0. The van der Waals surface area contributed by atoms with Crippen LogP contribution < -0.4 is 5.32 Å². The van der Waals surface area contributed by atoms with Crippen molar-refractivity contribution in [2.45, 2.75) is 58.9 Å². The van der Waals surface area contributed by atoms with Gasteiger partial charge >= 0.3 is 0 Å². The van der Waals surface area contributed by atoms with E-state index in [2.05, 4.69) is 26.1 Å². The summed E-state index contributed by atoms with van der Waals surface area (Å²) in [6.07, 6.45) is 6.64. The molecule has 1 N–H and O–H groups in total. The highest BCUT2D eigenvalue weighted by molar-refractivity contribution is 4.95. The van der Waals surface area contributed by atoms with Gasteiger partial charge in [-0.15, -0.1) is 0 Å². The fraction of sp³-hybridized carbons (Fsp3) is 1.00. The molecule has 0 aromatic rings. The van der Waals surface area contributed by atoms with Crippen LogP contribution in [0.5, 0.6) is 0 Å². The number of hydrogen-bond acceptors (Lipinski definition) is 2. The van der Waals surface area contributed by atoms with Gasteiger partial charge in [0.2, 0.25) is 0 Å². The van der Waals surface area contributed by atoms with Gasteiger partial charge in [0.05, 0.1) is 0 Å². The van der Waals surface area contributed by atoms with E-state index in [0.717, 1.165) is 12.5 Å². The summed E-state index contributed by atoms with van der Waals surface area (Å²) in [6.45, 7) is 9.02. The Bertz CT molecular complexity index is 187. The standard InChI is InChI=1S/C14H29NO/c1-12(2)5-6-13(3)15-11-14(7-8-14)9-10-16-4/h12-13,15H,5-11H2,1-4H3. The van der Waals surface area contributed by atoms with Crippen LogP contribution in [0, 0.1) is 11.3 Å². The average molecular weight is 227 g/mol. The second kappa shape index (κ2) is 6.61. The van der Waals surface area contributed by atoms with Gasteiger partial charge in [-0.05, 0) is 50.4 Å². The van der Waals surface area contributed by atoms with E-state index in [0.29, 0.717) is 11.5 Å². The number of nitrogens with one attached hydrogen (secondary N) is 1. The molecule has 1 aliphatic rings. The quantitative estimate of drug-likeness (QED) is 0.653. The maximum atomic E-state index is 5.18. The van der Waals surface area contributed by atoms with Crippen LogP contribution in [-0.2, 0) is 4.74 Å². The molecule has 0 aliphatic heterocycles. The van der Waals surface area contributed by atoms with Gasteiger partial charge in [0.15, 0.2) is 0 Å². The number of rotatable bonds is 9. The van der Waals surface area contributed by atoms with Gasteiger partial charge in [-0.2, -0.15) is 0 Å². The van der Waals surface area contributed by atoms with Gasteiger partial charge in [-0.1, -0.05) is 13.8 Å². The molecule has 1 saturated carbocycles. The number of ether oxygens (including phenoxy) is 1. The lowest BCUT2D eigenvalue weighted by molar-refractivity contribution is 0.170. The van der Waals surface area contributed by atoms with Gasteiger partial charge in [0, 0.05) is 26.3 Å². The van der Waals surface area contributed by atoms with Crippen LogP contribution >= 0.6 is 0 Å². The Balaban J connectivity index is 2.09. The Hall–Kier alpha value is -0.0800. The summed E-state index contributed by atoms with van der Waals surface area (Å²) in [5.74, 6) is 0.827. The third-order valence-electron chi connectivity index (χ3n) is 3.80. The lowest BCUT2D eigenvalue weighted by atomic mass is 10.0. The Morgan fingerprint density at radius 1 is 1.19 bits per heavy atom. The van der Waals surface area contributed by atoms with E-state index in [-0.39, 0.29) is 0 Å². The zero-order valence-electron chi connectivity index (χ0n) is 11.5. The van der Waals surface area contributed by atoms with Crippen molar-refractivity contribution < 1.29 is 4.74 Å². The lowest BCUT2D eigenvalue weighted by Gasteiger charge is -2.20. The normalized spacial score (nSPS) is 20.1. The zero-order chi connectivity index (χ0) is 12.0. The first-order valence-corrected chi connectivity index (χ1v) is 6.80. The van der Waals surface area contributed by atoms with Crippen LogP contribution in [0.15, 0.2) is 0 Å². The molecular weight excluding hydrogens is 198 g/mol. The molecular formula is C14H29NO. The lowest BCUT2D eigenvalue weighted by Crippen LogP contribution is -2.32. The van der Waals surface area contributed by atoms with Crippen molar-refractivity contribution in [3.63, 3.8) is 0 Å². The fourth-order valence-corrected chi connectivity index (χ4v) is 2.09. The molecule has 0 aromatic carbocycles. The van der Waals surface area contributed by atoms with E-state index in [9.17, 15) is 0 Å². The van der Waals surface area contributed by atoms with Crippen LogP contribution in [0.1, 0.15) is 52.9 Å². The summed E-state index contributed by atoms with van der Waals surface area (Å²) in [5, 5.41) is 3.69. The van der Waals surface area contributed by atoms with Crippen molar-refractivity contribution in [2.75, 3.05) is 20.3 Å². The van der Waals surface area contributed by atoms with E-state index in [1.807, 2.05) is 0 Å². The van der Waals surface area contributed by atoms with Crippen molar-refractivity contribution in [3.8, 4) is 0 Å². The minimum Gasteiger partial charge on any atom is -0.385 e. The molecule has 0 saturated heterocycles. The Morgan fingerprint density at radius 2 is 1.88 bits per heavy atom. The first-order valence-electron chi connectivity index (χ1n) is 6.80. The highest BCUT2D eigenvalue weighted by atomic mass is 16.5. The molecule has 1 atom stereocenters. The molecule has 0 amide bonds. The topological polar surface area (TPSA) is 21.3 Å². The summed E-state index contributed by atoms with van der Waals surface area (Å²) in [5.41, 5.74) is 0.585. The molecule has 0 aromatic heterocycles. The smallest absolute Gasteiger partial charge is 0.0468 e. The minimum atomic E-state index is 0.585. The molecule has 0 heterocycles. The SMILES string of the molecule is COCCC1(CNC(C)CCC(C)C)CC1. The molecule has 1 unspecified atom stereocenters. The molecule has 2 heteroatoms. The molecule has 2 nitrogen and oxygen atoms in total. The van der Waals surface area contributed by atoms with Crippen molar-refractivity contribution in [1.29, 1.82) is 0 Å². The highest BCUT2D eigenvalue weighted by Gasteiger charge is 2.41. The second-order valence-corrected chi connectivity index (χ2v) is 6.00. The number of methoxy groups -OCH3 is 1. The maximum absolute atomic E-state index is 5.18. The Morgan fingerprint density at radius 3 is 2.38 bits per heavy atom. The van der Waals surface area contributed by atoms with E-state index in [1.165, 1.54) is 38.6 Å². The summed E-state index contributed by atoms with van der Waals surface area (Å²) >= 11 is 0. The largest absolute Gasteiger partial charge is 0.385 e. The molecule has 0 radical (unpaired) electrons. The Labute approximate surface area is 101 Å². The monoisotopic (exact) mass is 227 g/mol. The molecule has 96 valence electrons. The van der Waals surface area contributed by atoms with E-state index in [1.54, 1.807) is 7.11 Å². The van der Waals surface area contributed by atoms with Crippen LogP contribution in [0.4, 0.5) is 0 Å². The summed E-state index contributed by atoms with van der Waals surface area (Å²) in [6, 6.07) is 0.669. The van der Waals surface area contributed by atoms with Gasteiger partial charge in [-0.3, -0.25) is 0 Å². The highest BCUT2D eigenvalue weighted by Crippen LogP contribution is 2.48. The van der Waals surface area contributed by atoms with Crippen molar-refractivity contribution in [1.82, 2.24) is 5.32 Å². The van der Waals surface area contributed by atoms with Crippen LogP contribution in [0.25, 0.3) is 0 Å². The first-order chi connectivity index (χ1) is 7.58. The zero-order valence-corrected chi connectivity index (χ0v) is 11.5. The molecule has 1 fully saturated rings. The van der Waals surface area contributed by atoms with E-state index < -0.39 is 0 Å². The molecule has 0 spiro atoms. The molecule has 1 aliphatic carbocycles. The minimum absolute atomic E-state index is 0.585. The van der Waals surface area contributed by atoms with Crippen LogP contribution in [0.2, 0.25) is 0 Å². The molecule has 0 bridgehead atoms. The summed E-state index contributed by atoms with van der Waals surface area (Å²) in [7, 11) is 1.80. The van der Waals surface area contributed by atoms with Crippen LogP contribution in [-0.4, -0.2) is 26.3 Å². The van der Waals surface area contributed by atoms with Gasteiger partial charge in [0.1, 0.15) is 0 Å². The predicted molar refractivity (Wildman–Crippen MR) is 69.7 cm³/mol. The Kier molecular flexibility index (Phi) is 5.77. The van der Waals surface area contributed by atoms with Gasteiger partial charge in [0.25, 0.3) is 0 Å². The summed E-state index contributed by atoms with van der Waals surface area (Å²) < 4.78 is 5.18. The van der Waals surface area contributed by atoms with E-state index in [4.69, 9.17) is 4.74 Å². The van der Waals surface area contributed by atoms with Crippen molar-refractivity contribution >= 4 is 0 Å². The second-order valence-electron chi connectivity index (χ2n) is 6.00. The van der Waals surface area contributed by atoms with Gasteiger partial charge in [-0.25, -0.2) is 0 Å². The average Bonchev–Trinajstić information content (AvgIpc) is 3.01. The molecule has 1 rings (SSSR count). The van der Waals surface area contributed by atoms with Crippen LogP contribution in [0.3, 0.4) is 0 Å². The maximum Gasteiger partial charge on any atom is 0.0468 e.